The highest BCUT2D eigenvalue weighted by molar-refractivity contribution is 6.30. The minimum Gasteiger partial charge on any atom is -0.374 e. The zero-order chi connectivity index (χ0) is 17.4. The van der Waals surface area contributed by atoms with E-state index in [1.807, 2.05) is 24.3 Å². The van der Waals surface area contributed by atoms with Gasteiger partial charge in [0.05, 0.1) is 12.7 Å². The first kappa shape index (κ1) is 19.0. The van der Waals surface area contributed by atoms with Gasteiger partial charge in [-0.1, -0.05) is 37.6 Å². The van der Waals surface area contributed by atoms with Gasteiger partial charge in [0.25, 0.3) is 0 Å². The van der Waals surface area contributed by atoms with Crippen LogP contribution >= 0.6 is 11.6 Å². The maximum atomic E-state index is 6.01. The molecule has 0 radical (unpaired) electrons. The number of morpholine rings is 1. The van der Waals surface area contributed by atoms with Gasteiger partial charge < -0.3 is 15.4 Å². The molecule has 2 rings (SSSR count). The highest BCUT2D eigenvalue weighted by atomic mass is 35.5. The van der Waals surface area contributed by atoms with E-state index in [-0.39, 0.29) is 6.10 Å². The third-order valence-corrected chi connectivity index (χ3v) is 4.15. The van der Waals surface area contributed by atoms with Crippen molar-refractivity contribution in [1.29, 1.82) is 0 Å². The monoisotopic (exact) mass is 352 g/mol. The lowest BCUT2D eigenvalue weighted by Crippen LogP contribution is -2.50. The number of benzene rings is 1. The number of ether oxygens (including phenoxy) is 1. The minimum absolute atomic E-state index is 0.196. The molecule has 5 nitrogen and oxygen atoms in total. The van der Waals surface area contributed by atoms with Gasteiger partial charge in [-0.3, -0.25) is 9.89 Å². The minimum atomic E-state index is 0.196. The van der Waals surface area contributed by atoms with Crippen LogP contribution in [0.2, 0.25) is 5.02 Å². The van der Waals surface area contributed by atoms with Crippen LogP contribution < -0.4 is 10.6 Å². The number of rotatable bonds is 6. The molecule has 1 aliphatic rings. The number of aliphatic imine (C=N–C) groups is 1. The molecule has 1 unspecified atom stereocenters. The molecular formula is C18H29ClN4O. The van der Waals surface area contributed by atoms with Crippen molar-refractivity contribution in [3.8, 4) is 0 Å². The van der Waals surface area contributed by atoms with Crippen LogP contribution in [0.5, 0.6) is 0 Å². The summed E-state index contributed by atoms with van der Waals surface area (Å²) in [6.45, 7) is 9.87. The van der Waals surface area contributed by atoms with Crippen LogP contribution in [0.15, 0.2) is 29.3 Å². The molecule has 1 fully saturated rings. The van der Waals surface area contributed by atoms with Crippen LogP contribution in [0.3, 0.4) is 0 Å². The summed E-state index contributed by atoms with van der Waals surface area (Å²) in [6, 6.07) is 7.83. The molecule has 1 aliphatic heterocycles. The SMILES string of the molecule is CN=C(NCc1cccc(Cl)c1)NCC1CN(CC(C)C)CCO1. The molecule has 0 bridgehead atoms. The molecule has 1 aromatic rings. The number of nitrogens with zero attached hydrogens (tertiary/aromatic N) is 2. The van der Waals surface area contributed by atoms with Gasteiger partial charge >= 0.3 is 0 Å². The topological polar surface area (TPSA) is 48.9 Å². The zero-order valence-corrected chi connectivity index (χ0v) is 15.6. The Bertz CT molecular complexity index is 536. The Morgan fingerprint density at radius 2 is 2.25 bits per heavy atom. The number of hydrogen-bond acceptors (Lipinski definition) is 3. The Morgan fingerprint density at radius 1 is 1.42 bits per heavy atom. The van der Waals surface area contributed by atoms with Crippen molar-refractivity contribution in [1.82, 2.24) is 15.5 Å². The van der Waals surface area contributed by atoms with E-state index in [0.29, 0.717) is 12.5 Å². The number of guanidine groups is 1. The average Bonchev–Trinajstić information content (AvgIpc) is 2.55. The number of halogens is 1. The maximum absolute atomic E-state index is 6.01. The van der Waals surface area contributed by atoms with Crippen molar-refractivity contribution in [3.05, 3.63) is 34.9 Å². The first-order valence-corrected chi connectivity index (χ1v) is 8.97. The van der Waals surface area contributed by atoms with Crippen molar-refractivity contribution in [2.75, 3.05) is 39.8 Å². The Balaban J connectivity index is 1.75. The fourth-order valence-corrected chi connectivity index (χ4v) is 3.06. The van der Waals surface area contributed by atoms with E-state index in [9.17, 15) is 0 Å². The van der Waals surface area contributed by atoms with Gasteiger partial charge in [0.15, 0.2) is 5.96 Å². The van der Waals surface area contributed by atoms with Crippen molar-refractivity contribution in [2.45, 2.75) is 26.5 Å². The Hall–Kier alpha value is -1.30. The molecule has 0 saturated carbocycles. The fourth-order valence-electron chi connectivity index (χ4n) is 2.85. The predicted molar refractivity (Wildman–Crippen MR) is 101 cm³/mol. The van der Waals surface area contributed by atoms with Crippen molar-refractivity contribution < 1.29 is 4.74 Å². The summed E-state index contributed by atoms with van der Waals surface area (Å²) in [4.78, 5) is 6.74. The Morgan fingerprint density at radius 3 is 2.96 bits per heavy atom. The Labute approximate surface area is 150 Å². The molecular weight excluding hydrogens is 324 g/mol. The molecule has 0 aliphatic carbocycles. The first-order valence-electron chi connectivity index (χ1n) is 8.59. The largest absolute Gasteiger partial charge is 0.374 e. The second kappa shape index (κ2) is 9.87. The van der Waals surface area contributed by atoms with Gasteiger partial charge in [-0.05, 0) is 23.6 Å². The highest BCUT2D eigenvalue weighted by Crippen LogP contribution is 2.10. The van der Waals surface area contributed by atoms with Crippen LogP contribution in [-0.4, -0.2) is 56.8 Å². The van der Waals surface area contributed by atoms with E-state index in [1.54, 1.807) is 7.05 Å². The summed E-state index contributed by atoms with van der Waals surface area (Å²) in [6.07, 6.45) is 0.196. The molecule has 134 valence electrons. The normalized spacial score (nSPS) is 19.5. The summed E-state index contributed by atoms with van der Waals surface area (Å²) in [5.74, 6) is 1.46. The smallest absolute Gasteiger partial charge is 0.191 e. The lowest BCUT2D eigenvalue weighted by atomic mass is 10.2. The van der Waals surface area contributed by atoms with Gasteiger partial charge in [0.2, 0.25) is 0 Å². The third-order valence-electron chi connectivity index (χ3n) is 3.92. The summed E-state index contributed by atoms with van der Waals surface area (Å²) in [5.41, 5.74) is 1.13. The summed E-state index contributed by atoms with van der Waals surface area (Å²) in [7, 11) is 1.78. The van der Waals surface area contributed by atoms with Gasteiger partial charge in [-0.2, -0.15) is 0 Å². The summed E-state index contributed by atoms with van der Waals surface area (Å²) < 4.78 is 5.86. The molecule has 0 spiro atoms. The second-order valence-electron chi connectivity index (χ2n) is 6.58. The first-order chi connectivity index (χ1) is 11.6. The van der Waals surface area contributed by atoms with Crippen LogP contribution in [0.1, 0.15) is 19.4 Å². The van der Waals surface area contributed by atoms with Crippen molar-refractivity contribution in [3.63, 3.8) is 0 Å². The average molecular weight is 353 g/mol. The molecule has 2 N–H and O–H groups in total. The molecule has 24 heavy (non-hydrogen) atoms. The zero-order valence-electron chi connectivity index (χ0n) is 14.9. The van der Waals surface area contributed by atoms with Crippen molar-refractivity contribution in [2.24, 2.45) is 10.9 Å². The van der Waals surface area contributed by atoms with E-state index in [4.69, 9.17) is 16.3 Å². The van der Waals surface area contributed by atoms with Crippen LogP contribution in [0.25, 0.3) is 0 Å². The summed E-state index contributed by atoms with van der Waals surface area (Å²) >= 11 is 6.01. The van der Waals surface area contributed by atoms with Crippen LogP contribution in [-0.2, 0) is 11.3 Å². The lowest BCUT2D eigenvalue weighted by molar-refractivity contribution is -0.0284. The maximum Gasteiger partial charge on any atom is 0.191 e. The highest BCUT2D eigenvalue weighted by Gasteiger charge is 2.20. The molecule has 1 atom stereocenters. The van der Waals surface area contributed by atoms with E-state index < -0.39 is 0 Å². The van der Waals surface area contributed by atoms with Gasteiger partial charge in [0, 0.05) is 44.8 Å². The number of nitrogens with one attached hydrogen (secondary N) is 2. The van der Waals surface area contributed by atoms with E-state index in [1.165, 1.54) is 0 Å². The number of hydrogen-bond donors (Lipinski definition) is 2. The fraction of sp³-hybridized carbons (Fsp3) is 0.611. The summed E-state index contributed by atoms with van der Waals surface area (Å²) in [5, 5.41) is 7.41. The second-order valence-corrected chi connectivity index (χ2v) is 7.02. The molecule has 1 saturated heterocycles. The quantitative estimate of drug-likeness (QED) is 0.609. The van der Waals surface area contributed by atoms with E-state index in [0.717, 1.165) is 49.3 Å². The van der Waals surface area contributed by atoms with Gasteiger partial charge in [-0.25, -0.2) is 0 Å². The predicted octanol–water partition coefficient (Wildman–Crippen LogP) is 2.36. The van der Waals surface area contributed by atoms with E-state index >= 15 is 0 Å². The molecule has 6 heteroatoms. The molecule has 0 aromatic heterocycles. The molecule has 1 aromatic carbocycles. The molecule has 0 amide bonds. The van der Waals surface area contributed by atoms with E-state index in [2.05, 4.69) is 34.4 Å². The standard InChI is InChI=1S/C18H29ClN4O/c1-14(2)12-23-7-8-24-17(13-23)11-22-18(20-3)21-10-15-5-4-6-16(19)9-15/h4-6,9,14,17H,7-8,10-13H2,1-3H3,(H2,20,21,22). The van der Waals surface area contributed by atoms with Crippen LogP contribution in [0, 0.1) is 5.92 Å². The Kier molecular flexibility index (Phi) is 7.82. The molecule has 1 heterocycles. The lowest BCUT2D eigenvalue weighted by Gasteiger charge is -2.34. The van der Waals surface area contributed by atoms with Crippen LogP contribution in [0.4, 0.5) is 0 Å². The van der Waals surface area contributed by atoms with Crippen molar-refractivity contribution >= 4 is 17.6 Å². The van der Waals surface area contributed by atoms with Gasteiger partial charge in [0.1, 0.15) is 0 Å². The third kappa shape index (κ3) is 6.67. The van der Waals surface area contributed by atoms with Gasteiger partial charge in [-0.15, -0.1) is 0 Å².